The number of nitrogens with one attached hydrogen (secondary N) is 1. The fraction of sp³-hybridized carbons (Fsp3) is 0.471. The van der Waals surface area contributed by atoms with E-state index in [4.69, 9.17) is 0 Å². The Kier molecular flexibility index (Phi) is 4.28. The first kappa shape index (κ1) is 17.1. The highest BCUT2D eigenvalue weighted by Crippen LogP contribution is 2.25. The minimum Gasteiger partial charge on any atom is -0.333 e. The van der Waals surface area contributed by atoms with Crippen LogP contribution in [0.15, 0.2) is 12.4 Å². The van der Waals surface area contributed by atoms with Crippen LogP contribution in [0.1, 0.15) is 65.9 Å². The molecule has 0 aromatic carbocycles. The zero-order chi connectivity index (χ0) is 18.3. The number of carbonyl (C=O) groups excluding carboxylic acids is 1. The van der Waals surface area contributed by atoms with Crippen LogP contribution in [0.3, 0.4) is 0 Å². The molecule has 1 atom stereocenters. The van der Waals surface area contributed by atoms with Crippen molar-refractivity contribution >= 4 is 11.7 Å². The number of hydrogen-bond donors (Lipinski definition) is 1. The Morgan fingerprint density at radius 2 is 2.00 bits per heavy atom. The monoisotopic (exact) mass is 341 g/mol. The zero-order valence-electron chi connectivity index (χ0n) is 15.4. The normalized spacial score (nSPS) is 12.8. The SMILES string of the molecule is Cc1n[nH]c(C)c1[C@H](C)N(C)C(=O)c1cc(C(C)C)n2ncnc2n1. The summed E-state index contributed by atoms with van der Waals surface area (Å²) in [5.74, 6) is 0.478. The summed E-state index contributed by atoms with van der Waals surface area (Å²) in [6, 6.07) is 1.68. The van der Waals surface area contributed by atoms with Crippen molar-refractivity contribution in [3.63, 3.8) is 0 Å². The smallest absolute Gasteiger partial charge is 0.272 e. The maximum Gasteiger partial charge on any atom is 0.272 e. The van der Waals surface area contributed by atoms with Crippen molar-refractivity contribution in [3.05, 3.63) is 40.7 Å². The van der Waals surface area contributed by atoms with Gasteiger partial charge in [-0.1, -0.05) is 13.8 Å². The quantitative estimate of drug-likeness (QED) is 0.787. The molecule has 1 N–H and O–H groups in total. The van der Waals surface area contributed by atoms with Gasteiger partial charge in [-0.3, -0.25) is 9.89 Å². The van der Waals surface area contributed by atoms with Gasteiger partial charge in [0.05, 0.1) is 17.4 Å². The summed E-state index contributed by atoms with van der Waals surface area (Å²) in [5, 5.41) is 11.4. The van der Waals surface area contributed by atoms with Gasteiger partial charge >= 0.3 is 0 Å². The maximum atomic E-state index is 13.0. The van der Waals surface area contributed by atoms with Gasteiger partial charge in [0.15, 0.2) is 0 Å². The lowest BCUT2D eigenvalue weighted by atomic mass is 10.0. The van der Waals surface area contributed by atoms with Crippen LogP contribution in [0, 0.1) is 13.8 Å². The summed E-state index contributed by atoms with van der Waals surface area (Å²) in [4.78, 5) is 23.2. The summed E-state index contributed by atoms with van der Waals surface area (Å²) in [6.07, 6.45) is 1.45. The van der Waals surface area contributed by atoms with E-state index in [9.17, 15) is 4.79 Å². The number of amides is 1. The zero-order valence-corrected chi connectivity index (χ0v) is 15.4. The number of carbonyl (C=O) groups is 1. The second kappa shape index (κ2) is 6.27. The standard InChI is InChI=1S/C17H23N7O/c1-9(2)14-7-13(20-17-18-8-19-24(14)17)16(25)23(6)12(5)15-10(3)21-22-11(15)4/h7-9,12H,1-6H3,(H,21,22)/t12-/m0/s1. The lowest BCUT2D eigenvalue weighted by Gasteiger charge is -2.25. The van der Waals surface area contributed by atoms with Gasteiger partial charge in [-0.05, 0) is 32.8 Å². The molecule has 0 bridgehead atoms. The molecule has 3 aromatic rings. The van der Waals surface area contributed by atoms with E-state index in [0.717, 1.165) is 22.6 Å². The van der Waals surface area contributed by atoms with Gasteiger partial charge in [-0.2, -0.15) is 15.2 Å². The number of hydrogen-bond acceptors (Lipinski definition) is 5. The van der Waals surface area contributed by atoms with Crippen LogP contribution in [0.2, 0.25) is 0 Å². The fourth-order valence-corrected chi connectivity index (χ4v) is 3.08. The number of fused-ring (bicyclic) bond motifs is 1. The van der Waals surface area contributed by atoms with E-state index in [2.05, 4.69) is 39.1 Å². The van der Waals surface area contributed by atoms with E-state index >= 15 is 0 Å². The lowest BCUT2D eigenvalue weighted by molar-refractivity contribution is 0.0736. The van der Waals surface area contributed by atoms with Gasteiger partial charge in [-0.15, -0.1) is 0 Å². The molecule has 0 fully saturated rings. The molecule has 0 unspecified atom stereocenters. The minimum atomic E-state index is -0.153. The average molecular weight is 341 g/mol. The van der Waals surface area contributed by atoms with Gasteiger partial charge in [0.25, 0.3) is 11.7 Å². The number of aromatic nitrogens is 6. The van der Waals surface area contributed by atoms with Crippen LogP contribution in [0.4, 0.5) is 0 Å². The third kappa shape index (κ3) is 2.88. The molecule has 3 rings (SSSR count). The van der Waals surface area contributed by atoms with Crippen molar-refractivity contribution in [2.75, 3.05) is 7.05 Å². The molecule has 132 valence electrons. The number of aryl methyl sites for hydroxylation is 2. The van der Waals surface area contributed by atoms with Crippen molar-refractivity contribution in [2.24, 2.45) is 0 Å². The number of rotatable bonds is 4. The average Bonchev–Trinajstić information content (AvgIpc) is 3.18. The van der Waals surface area contributed by atoms with Crippen molar-refractivity contribution in [2.45, 2.75) is 46.6 Å². The first-order chi connectivity index (χ1) is 11.8. The summed E-state index contributed by atoms with van der Waals surface area (Å²) in [5.41, 5.74) is 4.17. The molecule has 0 aliphatic rings. The van der Waals surface area contributed by atoms with Crippen LogP contribution in [0.25, 0.3) is 5.78 Å². The topological polar surface area (TPSA) is 92.1 Å². The Balaban J connectivity index is 1.99. The van der Waals surface area contributed by atoms with Crippen LogP contribution in [-0.2, 0) is 0 Å². The molecule has 8 nitrogen and oxygen atoms in total. The van der Waals surface area contributed by atoms with E-state index in [-0.39, 0.29) is 17.9 Å². The number of H-pyrrole nitrogens is 1. The van der Waals surface area contributed by atoms with Gasteiger partial charge in [0.1, 0.15) is 12.0 Å². The van der Waals surface area contributed by atoms with Crippen molar-refractivity contribution in [1.29, 1.82) is 0 Å². The summed E-state index contributed by atoms with van der Waals surface area (Å²) >= 11 is 0. The maximum absolute atomic E-state index is 13.0. The molecule has 8 heteroatoms. The molecule has 0 aliphatic carbocycles. The first-order valence-electron chi connectivity index (χ1n) is 8.30. The van der Waals surface area contributed by atoms with Gasteiger partial charge in [0, 0.05) is 18.3 Å². The highest BCUT2D eigenvalue weighted by molar-refractivity contribution is 5.93. The Labute approximate surface area is 146 Å². The molecular weight excluding hydrogens is 318 g/mol. The highest BCUT2D eigenvalue weighted by Gasteiger charge is 2.25. The molecule has 0 aliphatic heterocycles. The van der Waals surface area contributed by atoms with E-state index in [1.807, 2.05) is 20.8 Å². The molecule has 0 saturated heterocycles. The predicted octanol–water partition coefficient (Wildman–Crippen LogP) is 2.42. The highest BCUT2D eigenvalue weighted by atomic mass is 16.2. The Morgan fingerprint density at radius 1 is 1.28 bits per heavy atom. The van der Waals surface area contributed by atoms with Crippen LogP contribution >= 0.6 is 0 Å². The summed E-state index contributed by atoms with van der Waals surface area (Å²) in [7, 11) is 1.78. The molecule has 0 spiro atoms. The molecular formula is C17H23N7O. The van der Waals surface area contributed by atoms with Crippen molar-refractivity contribution in [1.82, 2.24) is 34.7 Å². The minimum absolute atomic E-state index is 0.121. The number of aromatic amines is 1. The fourth-order valence-electron chi connectivity index (χ4n) is 3.08. The van der Waals surface area contributed by atoms with E-state index in [1.54, 1.807) is 22.5 Å². The van der Waals surface area contributed by atoms with Crippen molar-refractivity contribution < 1.29 is 4.79 Å². The molecule has 1 amide bonds. The first-order valence-corrected chi connectivity index (χ1v) is 8.30. The third-order valence-corrected chi connectivity index (χ3v) is 4.59. The molecule has 3 aromatic heterocycles. The van der Waals surface area contributed by atoms with Gasteiger partial charge in [0.2, 0.25) is 0 Å². The third-order valence-electron chi connectivity index (χ3n) is 4.59. The second-order valence-corrected chi connectivity index (χ2v) is 6.63. The molecule has 0 radical (unpaired) electrons. The summed E-state index contributed by atoms with van der Waals surface area (Å²) in [6.45, 7) is 9.98. The van der Waals surface area contributed by atoms with Crippen LogP contribution < -0.4 is 0 Å². The van der Waals surface area contributed by atoms with E-state index in [1.165, 1.54) is 6.33 Å². The molecule has 25 heavy (non-hydrogen) atoms. The predicted molar refractivity (Wildman–Crippen MR) is 93.4 cm³/mol. The Hall–Kier alpha value is -2.77. The van der Waals surface area contributed by atoms with Crippen LogP contribution in [0.5, 0.6) is 0 Å². The van der Waals surface area contributed by atoms with Crippen LogP contribution in [-0.4, -0.2) is 47.6 Å². The molecule has 3 heterocycles. The largest absolute Gasteiger partial charge is 0.333 e. The lowest BCUT2D eigenvalue weighted by Crippen LogP contribution is -2.31. The van der Waals surface area contributed by atoms with Gasteiger partial charge < -0.3 is 4.90 Å². The number of nitrogens with zero attached hydrogens (tertiary/aromatic N) is 6. The summed E-state index contributed by atoms with van der Waals surface area (Å²) < 4.78 is 1.68. The Morgan fingerprint density at radius 3 is 2.60 bits per heavy atom. The van der Waals surface area contributed by atoms with Gasteiger partial charge in [-0.25, -0.2) is 9.50 Å². The molecule has 0 saturated carbocycles. The Bertz CT molecular complexity index is 905. The second-order valence-electron chi connectivity index (χ2n) is 6.63. The van der Waals surface area contributed by atoms with Crippen molar-refractivity contribution in [3.8, 4) is 0 Å². The van der Waals surface area contributed by atoms with E-state index < -0.39 is 0 Å². The van der Waals surface area contributed by atoms with E-state index in [0.29, 0.717) is 11.5 Å².